The lowest BCUT2D eigenvalue weighted by molar-refractivity contribution is 0.241. The van der Waals surface area contributed by atoms with E-state index in [1.807, 2.05) is 0 Å². The van der Waals surface area contributed by atoms with Crippen LogP contribution in [-0.2, 0) is 6.42 Å². The first-order valence-corrected chi connectivity index (χ1v) is 3.95. The van der Waals surface area contributed by atoms with Crippen LogP contribution in [0.25, 0.3) is 0 Å². The maximum atomic E-state index is 12.7. The van der Waals surface area contributed by atoms with Crippen LogP contribution in [0.4, 0.5) is 4.39 Å². The van der Waals surface area contributed by atoms with Gasteiger partial charge in [-0.1, -0.05) is 0 Å². The highest BCUT2D eigenvalue weighted by Crippen LogP contribution is 2.28. The monoisotopic (exact) mass is 167 g/mol. The summed E-state index contributed by atoms with van der Waals surface area (Å²) in [5, 5.41) is 0. The van der Waals surface area contributed by atoms with E-state index in [1.165, 1.54) is 12.1 Å². The number of nitrogens with two attached hydrogens (primary N) is 1. The highest BCUT2D eigenvalue weighted by molar-refractivity contribution is 5.37. The van der Waals surface area contributed by atoms with Crippen LogP contribution < -0.4 is 10.5 Å². The van der Waals surface area contributed by atoms with Gasteiger partial charge < -0.3 is 10.5 Å². The molecule has 64 valence electrons. The molecule has 0 saturated carbocycles. The predicted molar refractivity (Wildman–Crippen MR) is 43.6 cm³/mol. The van der Waals surface area contributed by atoms with Crippen molar-refractivity contribution in [2.45, 2.75) is 12.5 Å². The van der Waals surface area contributed by atoms with Crippen molar-refractivity contribution >= 4 is 0 Å². The summed E-state index contributed by atoms with van der Waals surface area (Å²) in [6.45, 7) is 0.482. The Morgan fingerprint density at radius 2 is 2.42 bits per heavy atom. The lowest BCUT2D eigenvalue weighted by Gasteiger charge is -2.05. The molecule has 1 aliphatic heterocycles. The Morgan fingerprint density at radius 1 is 1.58 bits per heavy atom. The molecule has 0 fully saturated rings. The Labute approximate surface area is 70.1 Å². The van der Waals surface area contributed by atoms with E-state index in [0.29, 0.717) is 6.54 Å². The molecule has 2 N–H and O–H groups in total. The summed E-state index contributed by atoms with van der Waals surface area (Å²) in [6, 6.07) is 4.56. The number of benzene rings is 1. The summed E-state index contributed by atoms with van der Waals surface area (Å²) in [6.07, 6.45) is 0.755. The van der Waals surface area contributed by atoms with Gasteiger partial charge in [-0.25, -0.2) is 4.39 Å². The van der Waals surface area contributed by atoms with Crippen molar-refractivity contribution in [3.8, 4) is 5.75 Å². The lowest BCUT2D eigenvalue weighted by atomic mass is 10.1. The van der Waals surface area contributed by atoms with Crippen LogP contribution in [0.1, 0.15) is 5.56 Å². The molecule has 1 aromatic carbocycles. The van der Waals surface area contributed by atoms with Gasteiger partial charge in [0.05, 0.1) is 0 Å². The third-order valence-corrected chi connectivity index (χ3v) is 2.03. The molecule has 12 heavy (non-hydrogen) atoms. The molecule has 0 aromatic heterocycles. The van der Waals surface area contributed by atoms with Crippen LogP contribution in [0.5, 0.6) is 5.75 Å². The standard InChI is InChI=1S/C9H10FNO/c10-7-1-2-9-6(3-7)4-8(5-11)12-9/h1-3,8H,4-5,11H2/t8-/m1/s1. The molecule has 1 aliphatic rings. The first-order valence-electron chi connectivity index (χ1n) is 3.95. The first kappa shape index (κ1) is 7.55. The largest absolute Gasteiger partial charge is 0.488 e. The van der Waals surface area contributed by atoms with E-state index >= 15 is 0 Å². The van der Waals surface area contributed by atoms with Crippen molar-refractivity contribution < 1.29 is 9.13 Å². The van der Waals surface area contributed by atoms with E-state index in [-0.39, 0.29) is 11.9 Å². The van der Waals surface area contributed by atoms with E-state index in [2.05, 4.69) is 0 Å². The molecule has 0 amide bonds. The molecule has 2 rings (SSSR count). The van der Waals surface area contributed by atoms with Crippen LogP contribution in [0.3, 0.4) is 0 Å². The zero-order valence-electron chi connectivity index (χ0n) is 6.59. The van der Waals surface area contributed by atoms with E-state index in [9.17, 15) is 4.39 Å². The minimum absolute atomic E-state index is 0.0294. The number of hydrogen-bond donors (Lipinski definition) is 1. The Bertz CT molecular complexity index is 301. The Balaban J connectivity index is 2.30. The molecule has 1 atom stereocenters. The normalized spacial score (nSPS) is 20.3. The van der Waals surface area contributed by atoms with Gasteiger partial charge in [0.2, 0.25) is 0 Å². The number of ether oxygens (including phenoxy) is 1. The van der Waals surface area contributed by atoms with Gasteiger partial charge in [0, 0.05) is 18.5 Å². The fraction of sp³-hybridized carbons (Fsp3) is 0.333. The molecule has 1 aromatic rings. The van der Waals surface area contributed by atoms with Gasteiger partial charge in [-0.15, -0.1) is 0 Å². The first-order chi connectivity index (χ1) is 5.79. The molecule has 0 saturated heterocycles. The van der Waals surface area contributed by atoms with Gasteiger partial charge in [-0.05, 0) is 18.2 Å². The van der Waals surface area contributed by atoms with Crippen molar-refractivity contribution in [3.05, 3.63) is 29.6 Å². The summed E-state index contributed by atoms with van der Waals surface area (Å²) < 4.78 is 18.1. The fourth-order valence-electron chi connectivity index (χ4n) is 1.42. The average molecular weight is 167 g/mol. The van der Waals surface area contributed by atoms with E-state index < -0.39 is 0 Å². The zero-order valence-corrected chi connectivity index (χ0v) is 6.59. The highest BCUT2D eigenvalue weighted by atomic mass is 19.1. The van der Waals surface area contributed by atoms with Gasteiger partial charge in [-0.3, -0.25) is 0 Å². The molecule has 3 heteroatoms. The number of fused-ring (bicyclic) bond motifs is 1. The number of hydrogen-bond acceptors (Lipinski definition) is 2. The molecule has 2 nitrogen and oxygen atoms in total. The van der Waals surface area contributed by atoms with E-state index in [4.69, 9.17) is 10.5 Å². The quantitative estimate of drug-likeness (QED) is 0.679. The summed E-state index contributed by atoms with van der Waals surface area (Å²) in [5.41, 5.74) is 6.35. The van der Waals surface area contributed by atoms with Crippen LogP contribution in [0.15, 0.2) is 18.2 Å². The van der Waals surface area contributed by atoms with E-state index in [1.54, 1.807) is 6.07 Å². The predicted octanol–water partition coefficient (Wildman–Crippen LogP) is 1.09. The van der Waals surface area contributed by atoms with Crippen molar-refractivity contribution in [2.75, 3.05) is 6.54 Å². The molecule has 0 unspecified atom stereocenters. The maximum Gasteiger partial charge on any atom is 0.123 e. The average Bonchev–Trinajstić information content (AvgIpc) is 2.46. The Hall–Kier alpha value is -1.09. The third-order valence-electron chi connectivity index (χ3n) is 2.03. The van der Waals surface area contributed by atoms with E-state index in [0.717, 1.165) is 17.7 Å². The topological polar surface area (TPSA) is 35.2 Å². The second kappa shape index (κ2) is 2.75. The smallest absolute Gasteiger partial charge is 0.123 e. The lowest BCUT2D eigenvalue weighted by Crippen LogP contribution is -2.24. The van der Waals surface area contributed by atoms with Gasteiger partial charge in [0.15, 0.2) is 0 Å². The molecule has 0 bridgehead atoms. The SMILES string of the molecule is NC[C@H]1Cc2cc(F)ccc2O1. The van der Waals surface area contributed by atoms with Crippen LogP contribution in [0.2, 0.25) is 0 Å². The van der Waals surface area contributed by atoms with Crippen LogP contribution in [0, 0.1) is 5.82 Å². The second-order valence-electron chi connectivity index (χ2n) is 2.93. The molecule has 0 aliphatic carbocycles. The van der Waals surface area contributed by atoms with Gasteiger partial charge in [0.25, 0.3) is 0 Å². The van der Waals surface area contributed by atoms with Crippen molar-refractivity contribution in [1.29, 1.82) is 0 Å². The minimum Gasteiger partial charge on any atom is -0.488 e. The minimum atomic E-state index is -0.213. The van der Waals surface area contributed by atoms with Crippen LogP contribution >= 0.6 is 0 Å². The third kappa shape index (κ3) is 1.16. The van der Waals surface area contributed by atoms with Crippen molar-refractivity contribution in [1.82, 2.24) is 0 Å². The molecular formula is C9H10FNO. The number of halogens is 1. The Morgan fingerprint density at radius 3 is 3.17 bits per heavy atom. The van der Waals surface area contributed by atoms with Gasteiger partial charge in [-0.2, -0.15) is 0 Å². The molecule has 0 radical (unpaired) electrons. The summed E-state index contributed by atoms with van der Waals surface area (Å²) >= 11 is 0. The van der Waals surface area contributed by atoms with Gasteiger partial charge >= 0.3 is 0 Å². The highest BCUT2D eigenvalue weighted by Gasteiger charge is 2.21. The Kier molecular flexibility index (Phi) is 1.73. The zero-order chi connectivity index (χ0) is 8.55. The van der Waals surface area contributed by atoms with Gasteiger partial charge in [0.1, 0.15) is 17.7 Å². The summed E-state index contributed by atoms with van der Waals surface area (Å²) in [4.78, 5) is 0. The van der Waals surface area contributed by atoms with Crippen molar-refractivity contribution in [2.24, 2.45) is 5.73 Å². The van der Waals surface area contributed by atoms with Crippen LogP contribution in [-0.4, -0.2) is 12.6 Å². The molecular weight excluding hydrogens is 157 g/mol. The molecule has 0 spiro atoms. The van der Waals surface area contributed by atoms with Crippen molar-refractivity contribution in [3.63, 3.8) is 0 Å². The fourth-order valence-corrected chi connectivity index (χ4v) is 1.42. The molecule has 1 heterocycles. The number of rotatable bonds is 1. The second-order valence-corrected chi connectivity index (χ2v) is 2.93. The summed E-state index contributed by atoms with van der Waals surface area (Å²) in [5.74, 6) is 0.557. The summed E-state index contributed by atoms with van der Waals surface area (Å²) in [7, 11) is 0. The maximum absolute atomic E-state index is 12.7.